The maximum atomic E-state index is 10.5. The highest BCUT2D eigenvalue weighted by Crippen LogP contribution is 2.18. The highest BCUT2D eigenvalue weighted by atomic mass is 16.6. The summed E-state index contributed by atoms with van der Waals surface area (Å²) in [6.07, 6.45) is 1.10. The molecule has 0 unspecified atom stereocenters. The van der Waals surface area contributed by atoms with Gasteiger partial charge in [0.1, 0.15) is 11.9 Å². The molecule has 0 atom stereocenters. The predicted molar refractivity (Wildman–Crippen MR) is 45.8 cm³/mol. The zero-order valence-corrected chi connectivity index (χ0v) is 7.51. The summed E-state index contributed by atoms with van der Waals surface area (Å²) in [6.45, 7) is 0. The summed E-state index contributed by atoms with van der Waals surface area (Å²) in [4.78, 5) is 20.2. The van der Waals surface area contributed by atoms with E-state index < -0.39 is 10.9 Å². The predicted octanol–water partition coefficient (Wildman–Crippen LogP) is 0.345. The second kappa shape index (κ2) is 3.86. The van der Waals surface area contributed by atoms with Crippen molar-refractivity contribution in [3.05, 3.63) is 22.0 Å². The van der Waals surface area contributed by atoms with Crippen LogP contribution in [-0.4, -0.2) is 25.8 Å². The number of nitrogens with zero attached hydrogens (tertiary/aromatic N) is 3. The van der Waals surface area contributed by atoms with Crippen molar-refractivity contribution >= 4 is 11.7 Å². The fourth-order valence-electron chi connectivity index (χ4n) is 1.12. The van der Waals surface area contributed by atoms with Gasteiger partial charge in [-0.15, -0.1) is 0 Å². The first-order chi connectivity index (χ1) is 6.52. The van der Waals surface area contributed by atoms with Crippen LogP contribution in [-0.2, 0) is 18.3 Å². The summed E-state index contributed by atoms with van der Waals surface area (Å²) in [7, 11) is 1.55. The number of aromatic nitrogens is 2. The normalized spacial score (nSPS) is 10.1. The van der Waals surface area contributed by atoms with E-state index >= 15 is 0 Å². The number of carbonyl (C=O) groups is 1. The largest absolute Gasteiger partial charge is 0.481 e. The van der Waals surface area contributed by atoms with Crippen molar-refractivity contribution in [2.75, 3.05) is 0 Å². The van der Waals surface area contributed by atoms with Crippen molar-refractivity contribution in [3.8, 4) is 0 Å². The summed E-state index contributed by atoms with van der Waals surface area (Å²) in [6, 6.07) is 0. The zero-order chi connectivity index (χ0) is 10.7. The number of hydrogen-bond acceptors (Lipinski definition) is 4. The fraction of sp³-hybridized carbons (Fsp3) is 0.429. The molecular formula is C7H9N3O4. The minimum atomic E-state index is -0.986. The molecule has 7 nitrogen and oxygen atoms in total. The van der Waals surface area contributed by atoms with E-state index in [0.717, 1.165) is 6.20 Å². The van der Waals surface area contributed by atoms with Crippen LogP contribution < -0.4 is 0 Å². The second-order valence-electron chi connectivity index (χ2n) is 2.75. The number of nitro groups is 1. The molecule has 0 aliphatic rings. The molecule has 1 N–H and O–H groups in total. The Hall–Kier alpha value is -1.92. The number of hydrogen-bond donors (Lipinski definition) is 1. The van der Waals surface area contributed by atoms with Crippen molar-refractivity contribution in [3.63, 3.8) is 0 Å². The van der Waals surface area contributed by atoms with Gasteiger partial charge in [0.25, 0.3) is 0 Å². The highest BCUT2D eigenvalue weighted by Gasteiger charge is 2.18. The summed E-state index contributed by atoms with van der Waals surface area (Å²) in [5.74, 6) is -0.986. The molecule has 0 aromatic carbocycles. The van der Waals surface area contributed by atoms with Crippen molar-refractivity contribution in [2.24, 2.45) is 7.05 Å². The Labute approximate surface area is 79.1 Å². The van der Waals surface area contributed by atoms with E-state index in [4.69, 9.17) is 5.11 Å². The Morgan fingerprint density at radius 2 is 2.43 bits per heavy atom. The third-order valence-corrected chi connectivity index (χ3v) is 1.81. The van der Waals surface area contributed by atoms with E-state index in [2.05, 4.69) is 5.10 Å². The summed E-state index contributed by atoms with van der Waals surface area (Å²) < 4.78 is 1.32. The van der Waals surface area contributed by atoms with Crippen LogP contribution in [0.3, 0.4) is 0 Å². The van der Waals surface area contributed by atoms with Gasteiger partial charge in [0, 0.05) is 13.5 Å². The number of carboxylic acid groups (broad SMARTS) is 1. The first kappa shape index (κ1) is 10.2. The van der Waals surface area contributed by atoms with Crippen molar-refractivity contribution < 1.29 is 14.8 Å². The Morgan fingerprint density at radius 3 is 2.93 bits per heavy atom. The lowest BCUT2D eigenvalue weighted by Gasteiger charge is -1.98. The summed E-state index contributed by atoms with van der Waals surface area (Å²) in [5, 5.41) is 22.6. The zero-order valence-electron chi connectivity index (χ0n) is 7.51. The summed E-state index contributed by atoms with van der Waals surface area (Å²) >= 11 is 0. The molecule has 0 fully saturated rings. The van der Waals surface area contributed by atoms with Gasteiger partial charge in [-0.05, 0) is 0 Å². The molecule has 0 bridgehead atoms. The van der Waals surface area contributed by atoms with Crippen LogP contribution in [0.5, 0.6) is 0 Å². The van der Waals surface area contributed by atoms with Crippen molar-refractivity contribution in [1.29, 1.82) is 0 Å². The molecule has 1 heterocycles. The lowest BCUT2D eigenvalue weighted by atomic mass is 10.2. The maximum Gasteiger partial charge on any atom is 0.310 e. The van der Waals surface area contributed by atoms with Gasteiger partial charge in [-0.2, -0.15) is 5.10 Å². The Bertz CT molecular complexity index is 371. The van der Waals surface area contributed by atoms with Crippen LogP contribution in [0.2, 0.25) is 0 Å². The minimum absolute atomic E-state index is 0.113. The van der Waals surface area contributed by atoms with Crippen LogP contribution in [0.15, 0.2) is 6.20 Å². The molecule has 0 saturated heterocycles. The van der Waals surface area contributed by atoms with E-state index in [1.54, 1.807) is 7.05 Å². The SMILES string of the molecule is Cn1ncc([N+](=O)[O-])c1CCC(=O)O. The molecule has 1 rings (SSSR count). The molecule has 0 aliphatic carbocycles. The van der Waals surface area contributed by atoms with Gasteiger partial charge in [0.05, 0.1) is 11.3 Å². The first-order valence-corrected chi connectivity index (χ1v) is 3.89. The average Bonchev–Trinajstić information content (AvgIpc) is 2.43. The minimum Gasteiger partial charge on any atom is -0.481 e. The van der Waals surface area contributed by atoms with E-state index in [9.17, 15) is 14.9 Å². The number of carboxylic acids is 1. The lowest BCUT2D eigenvalue weighted by molar-refractivity contribution is -0.385. The Kier molecular flexibility index (Phi) is 2.80. The molecule has 0 spiro atoms. The molecule has 14 heavy (non-hydrogen) atoms. The van der Waals surface area contributed by atoms with Gasteiger partial charge < -0.3 is 5.11 Å². The lowest BCUT2D eigenvalue weighted by Crippen LogP contribution is -2.04. The van der Waals surface area contributed by atoms with Crippen LogP contribution >= 0.6 is 0 Å². The van der Waals surface area contributed by atoms with Gasteiger partial charge in [0.2, 0.25) is 0 Å². The molecule has 0 amide bonds. The third kappa shape index (κ3) is 2.06. The highest BCUT2D eigenvalue weighted by molar-refractivity contribution is 5.67. The van der Waals surface area contributed by atoms with Crippen LogP contribution in [0.4, 0.5) is 5.69 Å². The van der Waals surface area contributed by atoms with Crippen molar-refractivity contribution in [2.45, 2.75) is 12.8 Å². The first-order valence-electron chi connectivity index (χ1n) is 3.89. The van der Waals surface area contributed by atoms with Gasteiger partial charge in [-0.25, -0.2) is 0 Å². The molecule has 0 saturated carbocycles. The second-order valence-corrected chi connectivity index (χ2v) is 2.75. The quantitative estimate of drug-likeness (QED) is 0.557. The molecule has 0 aliphatic heterocycles. The maximum absolute atomic E-state index is 10.5. The fourth-order valence-corrected chi connectivity index (χ4v) is 1.12. The van der Waals surface area contributed by atoms with Crippen molar-refractivity contribution in [1.82, 2.24) is 9.78 Å². The van der Waals surface area contributed by atoms with Crippen LogP contribution in [0.25, 0.3) is 0 Å². The molecule has 7 heteroatoms. The number of aryl methyl sites for hydroxylation is 1. The monoisotopic (exact) mass is 199 g/mol. The van der Waals surface area contributed by atoms with E-state index in [0.29, 0.717) is 5.69 Å². The standard InChI is InChI=1S/C7H9N3O4/c1-9-5(2-3-7(11)12)6(4-8-9)10(13)14/h4H,2-3H2,1H3,(H,11,12). The molecule has 0 radical (unpaired) electrons. The third-order valence-electron chi connectivity index (χ3n) is 1.81. The topological polar surface area (TPSA) is 98.3 Å². The van der Waals surface area contributed by atoms with Gasteiger partial charge in [-0.3, -0.25) is 19.6 Å². The molecule has 1 aromatic heterocycles. The van der Waals surface area contributed by atoms with Gasteiger partial charge in [-0.1, -0.05) is 0 Å². The Balaban J connectivity index is 2.88. The van der Waals surface area contributed by atoms with Gasteiger partial charge >= 0.3 is 11.7 Å². The molecule has 1 aromatic rings. The van der Waals surface area contributed by atoms with Crippen LogP contribution in [0.1, 0.15) is 12.1 Å². The molecular weight excluding hydrogens is 190 g/mol. The average molecular weight is 199 g/mol. The van der Waals surface area contributed by atoms with E-state index in [1.807, 2.05) is 0 Å². The van der Waals surface area contributed by atoms with Gasteiger partial charge in [0.15, 0.2) is 0 Å². The smallest absolute Gasteiger partial charge is 0.310 e. The van der Waals surface area contributed by atoms with Crippen LogP contribution in [0, 0.1) is 10.1 Å². The van der Waals surface area contributed by atoms with E-state index in [-0.39, 0.29) is 18.5 Å². The number of aliphatic carboxylic acids is 1. The molecule has 76 valence electrons. The Morgan fingerprint density at radius 1 is 1.79 bits per heavy atom. The van der Waals surface area contributed by atoms with E-state index in [1.165, 1.54) is 4.68 Å². The number of rotatable bonds is 4. The summed E-state index contributed by atoms with van der Waals surface area (Å²) in [5.41, 5.74) is 0.200.